The van der Waals surface area contributed by atoms with Gasteiger partial charge >= 0.3 is 5.91 Å². The van der Waals surface area contributed by atoms with E-state index in [-0.39, 0.29) is 5.76 Å². The van der Waals surface area contributed by atoms with Crippen molar-refractivity contribution in [2.45, 2.75) is 0 Å². The molecule has 1 aliphatic rings. The Morgan fingerprint density at radius 3 is 2.83 bits per heavy atom. The molecule has 0 atom stereocenters. The van der Waals surface area contributed by atoms with Crippen LogP contribution >= 0.6 is 38.5 Å². The largest absolute Gasteiger partial charge is 0.496 e. The van der Waals surface area contributed by atoms with Crippen molar-refractivity contribution in [2.75, 3.05) is 38.3 Å². The minimum atomic E-state index is -0.418. The van der Waals surface area contributed by atoms with Crippen molar-refractivity contribution in [3.63, 3.8) is 0 Å². The van der Waals surface area contributed by atoms with Crippen LogP contribution in [-0.2, 0) is 4.74 Å². The number of amides is 1. The molecular weight excluding hydrogens is 565 g/mol. The van der Waals surface area contributed by atoms with Crippen molar-refractivity contribution >= 4 is 67.3 Å². The van der Waals surface area contributed by atoms with Crippen LogP contribution in [0.3, 0.4) is 0 Å². The third-order valence-electron chi connectivity index (χ3n) is 4.72. The second-order valence-corrected chi connectivity index (χ2v) is 8.72. The van der Waals surface area contributed by atoms with E-state index in [1.807, 2.05) is 30.3 Å². The summed E-state index contributed by atoms with van der Waals surface area (Å²) in [6.07, 6.45) is 1.56. The van der Waals surface area contributed by atoms with Gasteiger partial charge in [0.05, 0.1) is 30.1 Å². The van der Waals surface area contributed by atoms with Crippen LogP contribution in [0, 0.1) is 3.57 Å². The number of hydrogen-bond donors (Lipinski definition) is 1. The van der Waals surface area contributed by atoms with Crippen molar-refractivity contribution in [3.8, 4) is 5.75 Å². The fourth-order valence-electron chi connectivity index (χ4n) is 3.23. The quantitative estimate of drug-likeness (QED) is 0.274. The minimum Gasteiger partial charge on any atom is -0.496 e. The van der Waals surface area contributed by atoms with Gasteiger partial charge in [0.25, 0.3) is 0 Å². The van der Waals surface area contributed by atoms with E-state index in [4.69, 9.17) is 13.9 Å². The SMILES string of the molecule is COc1cc(N2CCOCC2)ccc1/C=N\NC(=O)c1cc2cc(Br)cc(I)c2o1. The smallest absolute Gasteiger partial charge is 0.307 e. The van der Waals surface area contributed by atoms with E-state index in [0.29, 0.717) is 11.3 Å². The van der Waals surface area contributed by atoms with Gasteiger partial charge in [-0.1, -0.05) is 15.9 Å². The van der Waals surface area contributed by atoms with Gasteiger partial charge in [-0.05, 0) is 52.9 Å². The molecule has 30 heavy (non-hydrogen) atoms. The number of anilines is 1. The number of halogens is 2. The molecule has 1 N–H and O–H groups in total. The second-order valence-electron chi connectivity index (χ2n) is 6.64. The highest BCUT2D eigenvalue weighted by atomic mass is 127. The average Bonchev–Trinajstić information content (AvgIpc) is 3.19. The Kier molecular flexibility index (Phi) is 6.59. The Morgan fingerprint density at radius 1 is 1.27 bits per heavy atom. The van der Waals surface area contributed by atoms with Gasteiger partial charge in [0.2, 0.25) is 0 Å². The van der Waals surface area contributed by atoms with E-state index in [1.165, 1.54) is 0 Å². The highest BCUT2D eigenvalue weighted by Gasteiger charge is 2.15. The van der Waals surface area contributed by atoms with Crippen LogP contribution in [0.2, 0.25) is 0 Å². The zero-order valence-corrected chi connectivity index (χ0v) is 19.9. The molecule has 0 bridgehead atoms. The van der Waals surface area contributed by atoms with Crippen LogP contribution in [-0.4, -0.2) is 45.5 Å². The van der Waals surface area contributed by atoms with E-state index >= 15 is 0 Å². The minimum absolute atomic E-state index is 0.202. The number of fused-ring (bicyclic) bond motifs is 1. The normalized spacial score (nSPS) is 14.4. The van der Waals surface area contributed by atoms with Crippen molar-refractivity contribution < 1.29 is 18.7 Å². The molecule has 0 aliphatic carbocycles. The first-order chi connectivity index (χ1) is 14.5. The second kappa shape index (κ2) is 9.36. The van der Waals surface area contributed by atoms with E-state index in [9.17, 15) is 4.79 Å². The number of hydrazone groups is 1. The van der Waals surface area contributed by atoms with Crippen LogP contribution in [0.25, 0.3) is 11.0 Å². The molecule has 1 aromatic heterocycles. The molecule has 2 heterocycles. The van der Waals surface area contributed by atoms with Gasteiger partial charge in [-0.3, -0.25) is 4.79 Å². The Labute approximate surface area is 195 Å². The summed E-state index contributed by atoms with van der Waals surface area (Å²) in [6, 6.07) is 11.4. The number of benzene rings is 2. The first kappa shape index (κ1) is 21.1. The number of hydrogen-bond acceptors (Lipinski definition) is 6. The molecule has 0 spiro atoms. The Balaban J connectivity index is 1.47. The number of ether oxygens (including phenoxy) is 2. The van der Waals surface area contributed by atoms with Crippen molar-refractivity contribution in [1.29, 1.82) is 0 Å². The zero-order valence-electron chi connectivity index (χ0n) is 16.2. The van der Waals surface area contributed by atoms with Crippen LogP contribution < -0.4 is 15.1 Å². The summed E-state index contributed by atoms with van der Waals surface area (Å²) in [5.74, 6) is 0.464. The highest BCUT2D eigenvalue weighted by molar-refractivity contribution is 14.1. The molecule has 4 rings (SSSR count). The first-order valence-corrected chi connectivity index (χ1v) is 11.1. The van der Waals surface area contributed by atoms with Crippen LogP contribution in [0.4, 0.5) is 5.69 Å². The fraction of sp³-hybridized carbons (Fsp3) is 0.238. The summed E-state index contributed by atoms with van der Waals surface area (Å²) in [5.41, 5.74) is 5.02. The van der Waals surface area contributed by atoms with Crippen LogP contribution in [0.1, 0.15) is 16.1 Å². The van der Waals surface area contributed by atoms with Crippen molar-refractivity contribution in [2.24, 2.45) is 5.10 Å². The molecule has 1 saturated heterocycles. The van der Waals surface area contributed by atoms with Gasteiger partial charge in [0.15, 0.2) is 5.76 Å². The number of furan rings is 1. The molecule has 1 amide bonds. The van der Waals surface area contributed by atoms with E-state index < -0.39 is 5.91 Å². The number of rotatable bonds is 5. The van der Waals surface area contributed by atoms with E-state index in [0.717, 1.165) is 51.0 Å². The predicted octanol–water partition coefficient (Wildman–Crippen LogP) is 4.41. The summed E-state index contributed by atoms with van der Waals surface area (Å²) in [5, 5.41) is 4.92. The van der Waals surface area contributed by atoms with Crippen LogP contribution in [0.15, 0.2) is 50.4 Å². The lowest BCUT2D eigenvalue weighted by atomic mass is 10.1. The standard InChI is InChI=1S/C21H19BrIN3O4/c1-28-18-11-16(26-4-6-29-7-5-26)3-2-13(18)12-24-25-21(27)19-9-14-8-15(22)10-17(23)20(14)30-19/h2-3,8-12H,4-7H2,1H3,(H,25,27)/b24-12-. The van der Waals surface area contributed by atoms with Crippen molar-refractivity contribution in [3.05, 3.63) is 55.8 Å². The lowest BCUT2D eigenvalue weighted by Gasteiger charge is -2.29. The maximum atomic E-state index is 12.4. The van der Waals surface area contributed by atoms with Crippen molar-refractivity contribution in [1.82, 2.24) is 5.43 Å². The summed E-state index contributed by atoms with van der Waals surface area (Å²) in [6.45, 7) is 3.13. The molecule has 7 nitrogen and oxygen atoms in total. The molecule has 0 saturated carbocycles. The molecule has 0 radical (unpaired) electrons. The number of nitrogens with zero attached hydrogens (tertiary/aromatic N) is 2. The average molecular weight is 584 g/mol. The molecule has 0 unspecified atom stereocenters. The number of nitrogens with one attached hydrogen (secondary N) is 1. The van der Waals surface area contributed by atoms with Gasteiger partial charge in [-0.2, -0.15) is 5.10 Å². The molecule has 2 aromatic carbocycles. The van der Waals surface area contributed by atoms with Gasteiger partial charge < -0.3 is 18.8 Å². The Hall–Kier alpha value is -2.11. The summed E-state index contributed by atoms with van der Waals surface area (Å²) >= 11 is 5.62. The van der Waals surface area contributed by atoms with Gasteiger partial charge in [-0.15, -0.1) is 0 Å². The number of methoxy groups -OCH3 is 1. The molecule has 156 valence electrons. The number of morpholine rings is 1. The lowest BCUT2D eigenvalue weighted by molar-refractivity contribution is 0.0929. The maximum Gasteiger partial charge on any atom is 0.307 e. The Morgan fingerprint density at radius 2 is 2.07 bits per heavy atom. The number of carbonyl (C=O) groups excluding carboxylic acids is 1. The zero-order chi connectivity index (χ0) is 21.1. The molecule has 1 fully saturated rings. The molecule has 1 aliphatic heterocycles. The van der Waals surface area contributed by atoms with Gasteiger partial charge in [0, 0.05) is 40.3 Å². The highest BCUT2D eigenvalue weighted by Crippen LogP contribution is 2.29. The van der Waals surface area contributed by atoms with Crippen LogP contribution in [0.5, 0.6) is 5.75 Å². The third kappa shape index (κ3) is 4.62. The Bertz CT molecular complexity index is 1110. The fourth-order valence-corrected chi connectivity index (χ4v) is 4.89. The first-order valence-electron chi connectivity index (χ1n) is 9.28. The summed E-state index contributed by atoms with van der Waals surface area (Å²) < 4.78 is 18.4. The number of carbonyl (C=O) groups is 1. The third-order valence-corrected chi connectivity index (χ3v) is 5.98. The monoisotopic (exact) mass is 583 g/mol. The lowest BCUT2D eigenvalue weighted by Crippen LogP contribution is -2.36. The van der Waals surface area contributed by atoms with Gasteiger partial charge in [-0.25, -0.2) is 5.43 Å². The molecule has 3 aromatic rings. The molecular formula is C21H19BrIN3O4. The van der Waals surface area contributed by atoms with Gasteiger partial charge in [0.1, 0.15) is 11.3 Å². The summed E-state index contributed by atoms with van der Waals surface area (Å²) in [7, 11) is 1.61. The predicted molar refractivity (Wildman–Crippen MR) is 128 cm³/mol. The van der Waals surface area contributed by atoms with E-state index in [2.05, 4.69) is 53.9 Å². The summed E-state index contributed by atoms with van der Waals surface area (Å²) in [4.78, 5) is 14.7. The maximum absolute atomic E-state index is 12.4. The molecule has 9 heteroatoms. The van der Waals surface area contributed by atoms with E-state index in [1.54, 1.807) is 19.4 Å². The topological polar surface area (TPSA) is 76.3 Å².